The van der Waals surface area contributed by atoms with Gasteiger partial charge in [-0.25, -0.2) is 0 Å². The minimum Gasteiger partial charge on any atom is -0.493 e. The van der Waals surface area contributed by atoms with Gasteiger partial charge in [-0.05, 0) is 54.5 Å². The number of benzene rings is 3. The van der Waals surface area contributed by atoms with E-state index in [2.05, 4.69) is 24.0 Å². The van der Waals surface area contributed by atoms with E-state index >= 15 is 0 Å². The first-order valence-corrected chi connectivity index (χ1v) is 9.55. The summed E-state index contributed by atoms with van der Waals surface area (Å²) >= 11 is 0. The summed E-state index contributed by atoms with van der Waals surface area (Å²) in [4.78, 5) is 12.5. The van der Waals surface area contributed by atoms with Gasteiger partial charge in [0.05, 0.1) is 6.61 Å². The minimum atomic E-state index is -0.183. The van der Waals surface area contributed by atoms with Crippen molar-refractivity contribution in [3.8, 4) is 11.5 Å². The lowest BCUT2D eigenvalue weighted by molar-refractivity contribution is 0.102. The van der Waals surface area contributed by atoms with Gasteiger partial charge in [0, 0.05) is 23.7 Å². The molecule has 3 rings (SSSR count). The average molecular weight is 387 g/mol. The molecule has 0 saturated heterocycles. The number of anilines is 1. The maximum atomic E-state index is 12.5. The number of carbonyl (C=O) groups is 1. The molecule has 29 heavy (non-hydrogen) atoms. The van der Waals surface area contributed by atoms with Crippen LogP contribution in [0.5, 0.6) is 11.5 Å². The van der Waals surface area contributed by atoms with Gasteiger partial charge in [0.2, 0.25) is 0 Å². The van der Waals surface area contributed by atoms with Crippen LogP contribution in [-0.4, -0.2) is 19.1 Å². The maximum Gasteiger partial charge on any atom is 0.255 e. The third-order valence-electron chi connectivity index (χ3n) is 4.20. The molecule has 1 N–H and O–H groups in total. The highest BCUT2D eigenvalue weighted by Crippen LogP contribution is 2.19. The molecule has 0 unspecified atom stereocenters. The fourth-order valence-corrected chi connectivity index (χ4v) is 2.71. The molecule has 1 amide bonds. The fourth-order valence-electron chi connectivity index (χ4n) is 2.71. The number of hydrogen-bond donors (Lipinski definition) is 1. The summed E-state index contributed by atoms with van der Waals surface area (Å²) in [7, 11) is 0. The van der Waals surface area contributed by atoms with E-state index < -0.39 is 0 Å². The molecule has 4 nitrogen and oxygen atoms in total. The molecule has 3 aromatic rings. The van der Waals surface area contributed by atoms with Crippen molar-refractivity contribution in [3.05, 3.63) is 102 Å². The zero-order chi connectivity index (χ0) is 20.5. The summed E-state index contributed by atoms with van der Waals surface area (Å²) in [6.07, 6.45) is 0.831. The smallest absolute Gasteiger partial charge is 0.255 e. The van der Waals surface area contributed by atoms with Gasteiger partial charge in [-0.1, -0.05) is 43.0 Å². The molecular formula is C25H25NO3. The van der Waals surface area contributed by atoms with Crippen LogP contribution in [0.25, 0.3) is 0 Å². The van der Waals surface area contributed by atoms with Crippen molar-refractivity contribution >= 4 is 11.6 Å². The molecule has 0 aliphatic heterocycles. The Kier molecular flexibility index (Phi) is 7.06. The number of carbonyl (C=O) groups excluding carboxylic acids is 1. The van der Waals surface area contributed by atoms with Gasteiger partial charge >= 0.3 is 0 Å². The van der Waals surface area contributed by atoms with E-state index in [1.807, 2.05) is 49.4 Å². The van der Waals surface area contributed by atoms with E-state index in [0.29, 0.717) is 30.2 Å². The zero-order valence-corrected chi connectivity index (χ0v) is 16.6. The molecule has 148 valence electrons. The SMILES string of the molecule is C=C(C)COc1ccc(C(=O)Nc2cccc(OCCc3ccccc3)c2)cc1. The first-order valence-electron chi connectivity index (χ1n) is 9.55. The van der Waals surface area contributed by atoms with E-state index in [4.69, 9.17) is 9.47 Å². The highest BCUT2D eigenvalue weighted by molar-refractivity contribution is 6.04. The van der Waals surface area contributed by atoms with Crippen LogP contribution in [0.1, 0.15) is 22.8 Å². The Labute approximate surface area is 171 Å². The monoisotopic (exact) mass is 387 g/mol. The Hall–Kier alpha value is -3.53. The van der Waals surface area contributed by atoms with Crippen molar-refractivity contribution < 1.29 is 14.3 Å². The van der Waals surface area contributed by atoms with Crippen LogP contribution in [0, 0.1) is 0 Å². The lowest BCUT2D eigenvalue weighted by Gasteiger charge is -2.10. The van der Waals surface area contributed by atoms with Crippen molar-refractivity contribution in [2.24, 2.45) is 0 Å². The Balaban J connectivity index is 1.53. The topological polar surface area (TPSA) is 47.6 Å². The molecule has 0 aliphatic carbocycles. The van der Waals surface area contributed by atoms with Crippen molar-refractivity contribution in [1.82, 2.24) is 0 Å². The van der Waals surface area contributed by atoms with Crippen molar-refractivity contribution in [3.63, 3.8) is 0 Å². The Bertz CT molecular complexity index is 949. The van der Waals surface area contributed by atoms with E-state index in [0.717, 1.165) is 17.7 Å². The van der Waals surface area contributed by atoms with E-state index in [1.54, 1.807) is 24.3 Å². The molecule has 0 saturated carbocycles. The van der Waals surface area contributed by atoms with Crippen LogP contribution in [0.15, 0.2) is 91.0 Å². The van der Waals surface area contributed by atoms with Crippen LogP contribution in [-0.2, 0) is 6.42 Å². The average Bonchev–Trinajstić information content (AvgIpc) is 2.74. The summed E-state index contributed by atoms with van der Waals surface area (Å²) in [6.45, 7) is 6.75. The maximum absolute atomic E-state index is 12.5. The Morgan fingerprint density at radius 1 is 0.897 bits per heavy atom. The van der Waals surface area contributed by atoms with Crippen molar-refractivity contribution in [2.75, 3.05) is 18.5 Å². The standard InChI is InChI=1S/C25H25NO3/c1-19(2)18-29-23-13-11-21(12-14-23)25(27)26-22-9-6-10-24(17-22)28-16-15-20-7-4-3-5-8-20/h3-14,17H,1,15-16,18H2,2H3,(H,26,27). The number of ether oxygens (including phenoxy) is 2. The number of hydrogen-bond acceptors (Lipinski definition) is 3. The van der Waals surface area contributed by atoms with Gasteiger partial charge in [-0.15, -0.1) is 0 Å². The quantitative estimate of drug-likeness (QED) is 0.492. The molecule has 0 heterocycles. The van der Waals surface area contributed by atoms with Crippen LogP contribution in [0.3, 0.4) is 0 Å². The van der Waals surface area contributed by atoms with Gasteiger partial charge in [0.25, 0.3) is 5.91 Å². The van der Waals surface area contributed by atoms with Crippen LogP contribution >= 0.6 is 0 Å². The molecule has 0 radical (unpaired) electrons. The van der Waals surface area contributed by atoms with Gasteiger partial charge in [0.1, 0.15) is 18.1 Å². The Morgan fingerprint density at radius 2 is 1.66 bits per heavy atom. The van der Waals surface area contributed by atoms with Gasteiger partial charge in [0.15, 0.2) is 0 Å². The lowest BCUT2D eigenvalue weighted by atomic mass is 10.2. The minimum absolute atomic E-state index is 0.183. The second kappa shape index (κ2) is 10.1. The molecule has 3 aromatic carbocycles. The first-order chi connectivity index (χ1) is 14.1. The van der Waals surface area contributed by atoms with Crippen molar-refractivity contribution in [1.29, 1.82) is 0 Å². The van der Waals surface area contributed by atoms with Gasteiger partial charge < -0.3 is 14.8 Å². The summed E-state index contributed by atoms with van der Waals surface area (Å²) in [6, 6.07) is 24.6. The lowest BCUT2D eigenvalue weighted by Crippen LogP contribution is -2.12. The molecule has 0 bridgehead atoms. The molecule has 0 fully saturated rings. The van der Waals surface area contributed by atoms with E-state index in [9.17, 15) is 4.79 Å². The summed E-state index contributed by atoms with van der Waals surface area (Å²) in [5, 5.41) is 2.90. The first kappa shape index (κ1) is 20.2. The molecular weight excluding hydrogens is 362 g/mol. The normalized spacial score (nSPS) is 10.2. The molecule has 4 heteroatoms. The summed E-state index contributed by atoms with van der Waals surface area (Å²) in [5.41, 5.74) is 3.42. The molecule has 0 atom stereocenters. The molecule has 0 aromatic heterocycles. The summed E-state index contributed by atoms with van der Waals surface area (Å²) < 4.78 is 11.4. The zero-order valence-electron chi connectivity index (χ0n) is 16.6. The molecule has 0 spiro atoms. The largest absolute Gasteiger partial charge is 0.493 e. The number of amides is 1. The van der Waals surface area contributed by atoms with Crippen LogP contribution in [0.2, 0.25) is 0 Å². The third kappa shape index (κ3) is 6.54. The fraction of sp³-hybridized carbons (Fsp3) is 0.160. The van der Waals surface area contributed by atoms with Gasteiger partial charge in [-0.2, -0.15) is 0 Å². The van der Waals surface area contributed by atoms with Crippen LogP contribution < -0.4 is 14.8 Å². The Morgan fingerprint density at radius 3 is 2.38 bits per heavy atom. The predicted molar refractivity (Wildman–Crippen MR) is 117 cm³/mol. The van der Waals surface area contributed by atoms with E-state index in [-0.39, 0.29) is 5.91 Å². The number of nitrogens with one attached hydrogen (secondary N) is 1. The van der Waals surface area contributed by atoms with Crippen molar-refractivity contribution in [2.45, 2.75) is 13.3 Å². The molecule has 0 aliphatic rings. The second-order valence-electron chi connectivity index (χ2n) is 6.84. The predicted octanol–water partition coefficient (Wildman–Crippen LogP) is 5.52. The second-order valence-corrected chi connectivity index (χ2v) is 6.84. The summed E-state index contributed by atoms with van der Waals surface area (Å²) in [5.74, 6) is 1.25. The van der Waals surface area contributed by atoms with Gasteiger partial charge in [-0.3, -0.25) is 4.79 Å². The highest BCUT2D eigenvalue weighted by Gasteiger charge is 2.07. The van der Waals surface area contributed by atoms with Crippen LogP contribution in [0.4, 0.5) is 5.69 Å². The third-order valence-corrected chi connectivity index (χ3v) is 4.20. The highest BCUT2D eigenvalue weighted by atomic mass is 16.5. The van der Waals surface area contributed by atoms with E-state index in [1.165, 1.54) is 5.56 Å². The number of rotatable bonds is 9.